The van der Waals surface area contributed by atoms with Gasteiger partial charge in [-0.15, -0.1) is 0 Å². The summed E-state index contributed by atoms with van der Waals surface area (Å²) in [5, 5.41) is 1.67. The number of halogens is 1. The van der Waals surface area contributed by atoms with Gasteiger partial charge in [0, 0.05) is 0 Å². The van der Waals surface area contributed by atoms with E-state index < -0.39 is 24.0 Å². The molecule has 0 N–H and O–H groups in total. The Balaban J connectivity index is 1.61. The van der Waals surface area contributed by atoms with Crippen LogP contribution in [0.4, 0.5) is 11.4 Å². The molecule has 168 valence electrons. The molecule has 0 saturated carbocycles. The summed E-state index contributed by atoms with van der Waals surface area (Å²) in [6.07, 6.45) is -0.950. The lowest BCUT2D eigenvalue weighted by Gasteiger charge is -2.29. The molecule has 0 spiro atoms. The van der Waals surface area contributed by atoms with Gasteiger partial charge in [0.25, 0.3) is 5.91 Å². The lowest BCUT2D eigenvalue weighted by atomic mass is 9.90. The Morgan fingerprint density at radius 3 is 2.24 bits per heavy atom. The van der Waals surface area contributed by atoms with Crippen molar-refractivity contribution in [3.63, 3.8) is 0 Å². The van der Waals surface area contributed by atoms with Crippen LogP contribution in [0.25, 0.3) is 0 Å². The molecule has 2 heterocycles. The van der Waals surface area contributed by atoms with Crippen molar-refractivity contribution in [2.45, 2.75) is 12.1 Å². The van der Waals surface area contributed by atoms with Crippen molar-refractivity contribution in [1.82, 2.24) is 0 Å². The van der Waals surface area contributed by atoms with E-state index in [0.717, 1.165) is 15.7 Å². The molecule has 3 aromatic carbocycles. The zero-order valence-corrected chi connectivity index (χ0v) is 19.6. The Morgan fingerprint density at radius 2 is 1.55 bits per heavy atom. The summed E-state index contributed by atoms with van der Waals surface area (Å²) >= 11 is 3.53. The second-order valence-corrected chi connectivity index (χ2v) is 8.59. The van der Waals surface area contributed by atoms with Gasteiger partial charge in [-0.25, -0.2) is 9.96 Å². The maximum absolute atomic E-state index is 13.7. The monoisotopic (exact) mass is 508 g/mol. The van der Waals surface area contributed by atoms with Crippen LogP contribution < -0.4 is 19.4 Å². The van der Waals surface area contributed by atoms with E-state index in [9.17, 15) is 9.59 Å². The second-order valence-electron chi connectivity index (χ2n) is 7.74. The van der Waals surface area contributed by atoms with Crippen LogP contribution in [0.2, 0.25) is 0 Å². The Kier molecular flexibility index (Phi) is 5.55. The molecule has 2 amide bonds. The maximum Gasteiger partial charge on any atom is 0.266 e. The first-order valence-electron chi connectivity index (χ1n) is 10.4. The third-order valence-corrected chi connectivity index (χ3v) is 6.59. The minimum atomic E-state index is -0.950. The van der Waals surface area contributed by atoms with Crippen LogP contribution in [0.15, 0.2) is 77.3 Å². The number of fused-ring (bicyclic) bond motifs is 1. The molecule has 7 nitrogen and oxygen atoms in total. The van der Waals surface area contributed by atoms with Gasteiger partial charge in [0.05, 0.1) is 36.1 Å². The first-order valence-corrected chi connectivity index (χ1v) is 11.2. The van der Waals surface area contributed by atoms with Gasteiger partial charge in [-0.2, -0.15) is 0 Å². The van der Waals surface area contributed by atoms with Crippen molar-refractivity contribution in [1.29, 1.82) is 0 Å². The number of benzene rings is 3. The number of hydrogen-bond acceptors (Lipinski definition) is 6. The maximum atomic E-state index is 13.7. The van der Waals surface area contributed by atoms with Gasteiger partial charge in [0.1, 0.15) is 17.4 Å². The SMILES string of the molecule is COc1ccc([C@@H]2[C@@H]3C(=O)N(c4ccccc4OC)C(=O)[C@H]3ON2c2ccccc2)cc1Br. The normalized spacial score (nSPS) is 22.0. The number of para-hydroxylation sites is 3. The zero-order valence-electron chi connectivity index (χ0n) is 18.0. The van der Waals surface area contributed by atoms with E-state index in [2.05, 4.69) is 15.9 Å². The molecular formula is C25H21BrN2O5. The first-order chi connectivity index (χ1) is 16.0. The molecule has 0 unspecified atom stereocenters. The zero-order chi connectivity index (χ0) is 23.1. The molecule has 2 saturated heterocycles. The number of anilines is 2. The van der Waals surface area contributed by atoms with Crippen molar-refractivity contribution < 1.29 is 23.9 Å². The summed E-state index contributed by atoms with van der Waals surface area (Å²) in [4.78, 5) is 34.6. The summed E-state index contributed by atoms with van der Waals surface area (Å²) < 4.78 is 11.5. The highest BCUT2D eigenvalue weighted by atomic mass is 79.9. The van der Waals surface area contributed by atoms with Gasteiger partial charge in [0.15, 0.2) is 6.10 Å². The predicted molar refractivity (Wildman–Crippen MR) is 126 cm³/mol. The van der Waals surface area contributed by atoms with E-state index in [-0.39, 0.29) is 5.91 Å². The van der Waals surface area contributed by atoms with Gasteiger partial charge in [-0.05, 0) is 57.9 Å². The van der Waals surface area contributed by atoms with Crippen LogP contribution >= 0.6 is 15.9 Å². The molecule has 33 heavy (non-hydrogen) atoms. The number of amides is 2. The van der Waals surface area contributed by atoms with Crippen molar-refractivity contribution in [2.24, 2.45) is 5.92 Å². The lowest BCUT2D eigenvalue weighted by molar-refractivity contribution is -0.126. The van der Waals surface area contributed by atoms with Gasteiger partial charge in [-0.3, -0.25) is 14.4 Å². The quantitative estimate of drug-likeness (QED) is 0.472. The number of methoxy groups -OCH3 is 2. The number of carbonyl (C=O) groups excluding carboxylic acids is 2. The van der Waals surface area contributed by atoms with Crippen molar-refractivity contribution in [3.05, 3.63) is 82.8 Å². The summed E-state index contributed by atoms with van der Waals surface area (Å²) in [5.74, 6) is -0.355. The highest BCUT2D eigenvalue weighted by Crippen LogP contribution is 2.49. The summed E-state index contributed by atoms with van der Waals surface area (Å²) in [5.41, 5.74) is 1.99. The van der Waals surface area contributed by atoms with Crippen molar-refractivity contribution in [3.8, 4) is 11.5 Å². The van der Waals surface area contributed by atoms with Crippen molar-refractivity contribution >= 4 is 39.1 Å². The number of hydrogen-bond donors (Lipinski definition) is 0. The molecule has 2 aliphatic heterocycles. The Labute approximate surface area is 199 Å². The molecule has 5 rings (SSSR count). The van der Waals surface area contributed by atoms with E-state index in [4.69, 9.17) is 14.3 Å². The summed E-state index contributed by atoms with van der Waals surface area (Å²) in [6.45, 7) is 0. The molecule has 0 aliphatic carbocycles. The largest absolute Gasteiger partial charge is 0.496 e. The highest BCUT2D eigenvalue weighted by molar-refractivity contribution is 9.10. The van der Waals surface area contributed by atoms with Gasteiger partial charge >= 0.3 is 0 Å². The number of imide groups is 1. The molecule has 2 aliphatic rings. The number of hydroxylamine groups is 1. The van der Waals surface area contributed by atoms with E-state index in [1.54, 1.807) is 36.4 Å². The number of nitrogens with zero attached hydrogens (tertiary/aromatic N) is 2. The smallest absolute Gasteiger partial charge is 0.266 e. The Morgan fingerprint density at radius 1 is 0.848 bits per heavy atom. The topological polar surface area (TPSA) is 68.3 Å². The fourth-order valence-electron chi connectivity index (χ4n) is 4.47. The van der Waals surface area contributed by atoms with E-state index in [1.165, 1.54) is 12.0 Å². The average molecular weight is 509 g/mol. The molecule has 0 bridgehead atoms. The minimum Gasteiger partial charge on any atom is -0.496 e. The standard InChI is InChI=1S/C25H21BrN2O5/c1-31-19-13-12-15(14-17(19)26)22-21-23(33-28(22)16-8-4-3-5-9-16)25(30)27(24(21)29)18-10-6-7-11-20(18)32-2/h3-14,21-23H,1-2H3/t21-,22+,23-/m0/s1. The van der Waals surface area contributed by atoms with Crippen LogP contribution in [0, 0.1) is 5.92 Å². The van der Waals surface area contributed by atoms with Crippen LogP contribution in [-0.4, -0.2) is 32.1 Å². The number of carbonyl (C=O) groups is 2. The fourth-order valence-corrected chi connectivity index (χ4v) is 5.03. The Hall–Kier alpha value is -3.36. The minimum absolute atomic E-state index is 0.329. The van der Waals surface area contributed by atoms with Crippen LogP contribution in [0.5, 0.6) is 11.5 Å². The van der Waals surface area contributed by atoms with Gasteiger partial charge in [-0.1, -0.05) is 36.4 Å². The molecule has 3 atom stereocenters. The molecule has 2 fully saturated rings. The lowest BCUT2D eigenvalue weighted by Crippen LogP contribution is -2.37. The van der Waals surface area contributed by atoms with E-state index in [0.29, 0.717) is 17.2 Å². The van der Waals surface area contributed by atoms with E-state index >= 15 is 0 Å². The third kappa shape index (κ3) is 3.46. The molecule has 0 aromatic heterocycles. The van der Waals surface area contributed by atoms with Crippen LogP contribution in [0.3, 0.4) is 0 Å². The summed E-state index contributed by atoms with van der Waals surface area (Å²) in [6, 6.07) is 21.5. The van der Waals surface area contributed by atoms with Gasteiger partial charge < -0.3 is 9.47 Å². The molecule has 0 radical (unpaired) electrons. The second kappa shape index (κ2) is 8.53. The number of rotatable bonds is 5. The Bertz CT molecular complexity index is 1220. The van der Waals surface area contributed by atoms with Crippen molar-refractivity contribution in [2.75, 3.05) is 24.2 Å². The number of ether oxygens (including phenoxy) is 2. The highest BCUT2D eigenvalue weighted by Gasteiger charge is 2.60. The molecule has 8 heteroatoms. The predicted octanol–water partition coefficient (Wildman–Crippen LogP) is 4.52. The van der Waals surface area contributed by atoms with Gasteiger partial charge in [0.2, 0.25) is 5.91 Å². The molecule has 3 aromatic rings. The van der Waals surface area contributed by atoms with E-state index in [1.807, 2.05) is 48.5 Å². The molecular weight excluding hydrogens is 488 g/mol. The average Bonchev–Trinajstić information content (AvgIpc) is 3.35. The fraction of sp³-hybridized carbons (Fsp3) is 0.200. The third-order valence-electron chi connectivity index (χ3n) is 5.97. The first kappa shape index (κ1) is 21.5. The summed E-state index contributed by atoms with van der Waals surface area (Å²) in [7, 11) is 3.10. The van der Waals surface area contributed by atoms with Crippen LogP contribution in [-0.2, 0) is 14.4 Å². The van der Waals surface area contributed by atoms with Crippen LogP contribution in [0.1, 0.15) is 11.6 Å².